The largest absolute Gasteiger partial charge is 0.398 e. The number of carbonyl (C=O) groups is 1. The summed E-state index contributed by atoms with van der Waals surface area (Å²) in [5.41, 5.74) is 7.71. The average Bonchev–Trinajstić information content (AvgIpc) is 3.13. The second-order valence-corrected chi connectivity index (χ2v) is 4.63. The highest BCUT2D eigenvalue weighted by Gasteiger charge is 2.29. The summed E-state index contributed by atoms with van der Waals surface area (Å²) in [6.07, 6.45) is 1.71. The summed E-state index contributed by atoms with van der Waals surface area (Å²) in [6, 6.07) is 5.27. The van der Waals surface area contributed by atoms with Crippen LogP contribution in [0.4, 0.5) is 5.69 Å². The molecule has 0 heterocycles. The zero-order valence-corrected chi connectivity index (χ0v) is 9.94. The van der Waals surface area contributed by atoms with Crippen molar-refractivity contribution in [3.63, 3.8) is 0 Å². The molecule has 1 unspecified atom stereocenters. The van der Waals surface area contributed by atoms with Crippen LogP contribution in [0.15, 0.2) is 18.2 Å². The number of carbonyl (C=O) groups excluding carboxylic acids is 1. The molecule has 4 heteroatoms. The number of nitrogen functional groups attached to an aromatic ring is 1. The van der Waals surface area contributed by atoms with Crippen LogP contribution in [0.5, 0.6) is 0 Å². The zero-order chi connectivity index (χ0) is 12.4. The second kappa shape index (κ2) is 4.75. The Kier molecular flexibility index (Phi) is 3.33. The molecule has 1 fully saturated rings. The van der Waals surface area contributed by atoms with Crippen LogP contribution < -0.4 is 11.1 Å². The van der Waals surface area contributed by atoms with Crippen LogP contribution >= 0.6 is 0 Å². The van der Waals surface area contributed by atoms with Gasteiger partial charge in [-0.05, 0) is 43.4 Å². The zero-order valence-electron chi connectivity index (χ0n) is 9.94. The van der Waals surface area contributed by atoms with Gasteiger partial charge >= 0.3 is 0 Å². The van der Waals surface area contributed by atoms with Gasteiger partial charge < -0.3 is 16.2 Å². The molecule has 0 aliphatic heterocycles. The Bertz CT molecular complexity index is 427. The van der Waals surface area contributed by atoms with Crippen molar-refractivity contribution in [3.8, 4) is 0 Å². The first-order chi connectivity index (χ1) is 8.09. The number of rotatable bonds is 4. The average molecular weight is 234 g/mol. The van der Waals surface area contributed by atoms with Crippen molar-refractivity contribution in [2.75, 3.05) is 12.3 Å². The molecular formula is C13H18N2O2. The van der Waals surface area contributed by atoms with E-state index in [4.69, 9.17) is 5.73 Å². The minimum absolute atomic E-state index is 0.172. The van der Waals surface area contributed by atoms with Gasteiger partial charge in [-0.15, -0.1) is 0 Å². The van der Waals surface area contributed by atoms with Gasteiger partial charge in [0, 0.05) is 17.8 Å². The monoisotopic (exact) mass is 234 g/mol. The van der Waals surface area contributed by atoms with Crippen LogP contribution in [0, 0.1) is 12.8 Å². The molecule has 92 valence electrons. The van der Waals surface area contributed by atoms with Gasteiger partial charge in [0.2, 0.25) is 0 Å². The summed E-state index contributed by atoms with van der Waals surface area (Å²) >= 11 is 0. The Labute approximate surface area is 101 Å². The number of hydrogen-bond donors (Lipinski definition) is 3. The Morgan fingerprint density at radius 2 is 2.29 bits per heavy atom. The second-order valence-electron chi connectivity index (χ2n) is 4.63. The van der Waals surface area contributed by atoms with Crippen molar-refractivity contribution in [2.45, 2.75) is 25.9 Å². The first-order valence-electron chi connectivity index (χ1n) is 5.91. The standard InChI is InChI=1S/C13H18N2O2/c1-8-10(3-2-4-11(8)14)13(17)15-7-12(16)9-5-6-9/h2-4,9,12,16H,5-7,14H2,1H3,(H,15,17). The molecule has 0 aromatic heterocycles. The summed E-state index contributed by atoms with van der Waals surface area (Å²) in [7, 11) is 0. The fourth-order valence-electron chi connectivity index (χ4n) is 1.84. The van der Waals surface area contributed by atoms with E-state index in [0.717, 1.165) is 18.4 Å². The van der Waals surface area contributed by atoms with E-state index in [1.54, 1.807) is 18.2 Å². The third-order valence-electron chi connectivity index (χ3n) is 3.26. The van der Waals surface area contributed by atoms with Crippen molar-refractivity contribution in [2.24, 2.45) is 5.92 Å². The number of benzene rings is 1. The van der Waals surface area contributed by atoms with Crippen molar-refractivity contribution >= 4 is 11.6 Å². The highest BCUT2D eigenvalue weighted by atomic mass is 16.3. The van der Waals surface area contributed by atoms with Crippen LogP contribution in [-0.2, 0) is 0 Å². The number of anilines is 1. The van der Waals surface area contributed by atoms with Crippen LogP contribution in [0.25, 0.3) is 0 Å². The third-order valence-corrected chi connectivity index (χ3v) is 3.26. The summed E-state index contributed by atoms with van der Waals surface area (Å²) in [6.45, 7) is 2.14. The summed E-state index contributed by atoms with van der Waals surface area (Å²) in [5, 5.41) is 12.4. The Morgan fingerprint density at radius 3 is 2.94 bits per heavy atom. The lowest BCUT2D eigenvalue weighted by atomic mass is 10.1. The molecule has 0 spiro atoms. The smallest absolute Gasteiger partial charge is 0.251 e. The first-order valence-corrected chi connectivity index (χ1v) is 5.91. The van der Waals surface area contributed by atoms with E-state index in [1.807, 2.05) is 6.92 Å². The van der Waals surface area contributed by atoms with Crippen molar-refractivity contribution in [3.05, 3.63) is 29.3 Å². The summed E-state index contributed by atoms with van der Waals surface area (Å²) in [5.74, 6) is 0.201. The maximum atomic E-state index is 11.9. The van der Waals surface area contributed by atoms with E-state index in [9.17, 15) is 9.90 Å². The molecule has 2 rings (SSSR count). The molecule has 0 bridgehead atoms. The maximum Gasteiger partial charge on any atom is 0.251 e. The van der Waals surface area contributed by atoms with Crippen LogP contribution in [-0.4, -0.2) is 23.7 Å². The van der Waals surface area contributed by atoms with Gasteiger partial charge in [0.25, 0.3) is 5.91 Å². The van der Waals surface area contributed by atoms with E-state index in [2.05, 4.69) is 5.32 Å². The quantitative estimate of drug-likeness (QED) is 0.682. The Hall–Kier alpha value is -1.55. The normalized spacial score (nSPS) is 16.6. The van der Waals surface area contributed by atoms with Gasteiger partial charge in [-0.2, -0.15) is 0 Å². The van der Waals surface area contributed by atoms with Gasteiger partial charge in [0.15, 0.2) is 0 Å². The lowest BCUT2D eigenvalue weighted by molar-refractivity contribution is 0.0900. The fourth-order valence-corrected chi connectivity index (χ4v) is 1.84. The predicted molar refractivity (Wildman–Crippen MR) is 66.7 cm³/mol. The molecule has 1 saturated carbocycles. The molecule has 4 N–H and O–H groups in total. The highest BCUT2D eigenvalue weighted by molar-refractivity contribution is 5.96. The number of aliphatic hydroxyl groups excluding tert-OH is 1. The van der Waals surface area contributed by atoms with Crippen LogP contribution in [0.2, 0.25) is 0 Å². The molecule has 1 amide bonds. The topological polar surface area (TPSA) is 75.4 Å². The number of aliphatic hydroxyl groups is 1. The third kappa shape index (κ3) is 2.77. The minimum Gasteiger partial charge on any atom is -0.398 e. The van der Waals surface area contributed by atoms with Crippen molar-refractivity contribution < 1.29 is 9.90 Å². The van der Waals surface area contributed by atoms with Gasteiger partial charge in [0.1, 0.15) is 0 Å². The Balaban J connectivity index is 1.96. The molecule has 1 aliphatic carbocycles. The van der Waals surface area contributed by atoms with Crippen molar-refractivity contribution in [1.82, 2.24) is 5.32 Å². The molecule has 1 atom stereocenters. The van der Waals surface area contributed by atoms with Gasteiger partial charge in [-0.3, -0.25) is 4.79 Å². The summed E-state index contributed by atoms with van der Waals surface area (Å²) < 4.78 is 0. The Morgan fingerprint density at radius 1 is 1.59 bits per heavy atom. The van der Waals surface area contributed by atoms with E-state index >= 15 is 0 Å². The lowest BCUT2D eigenvalue weighted by Crippen LogP contribution is -2.33. The number of nitrogens with one attached hydrogen (secondary N) is 1. The maximum absolute atomic E-state index is 11.9. The molecule has 1 aromatic rings. The number of amides is 1. The first kappa shape index (κ1) is 11.9. The fraction of sp³-hybridized carbons (Fsp3) is 0.462. The molecular weight excluding hydrogens is 216 g/mol. The van der Waals surface area contributed by atoms with Gasteiger partial charge in [0.05, 0.1) is 6.10 Å². The predicted octanol–water partition coefficient (Wildman–Crippen LogP) is 1.08. The van der Waals surface area contributed by atoms with E-state index in [1.165, 1.54) is 0 Å². The molecule has 0 saturated heterocycles. The molecule has 17 heavy (non-hydrogen) atoms. The number of nitrogens with two attached hydrogens (primary N) is 1. The minimum atomic E-state index is -0.416. The molecule has 4 nitrogen and oxygen atoms in total. The molecule has 0 radical (unpaired) electrons. The lowest BCUT2D eigenvalue weighted by Gasteiger charge is -2.12. The van der Waals surface area contributed by atoms with Crippen molar-refractivity contribution in [1.29, 1.82) is 0 Å². The van der Waals surface area contributed by atoms with E-state index < -0.39 is 6.10 Å². The van der Waals surface area contributed by atoms with Gasteiger partial charge in [-0.25, -0.2) is 0 Å². The highest BCUT2D eigenvalue weighted by Crippen LogP contribution is 2.32. The van der Waals surface area contributed by atoms with Crippen LogP contribution in [0.3, 0.4) is 0 Å². The van der Waals surface area contributed by atoms with E-state index in [0.29, 0.717) is 23.7 Å². The number of hydrogen-bond acceptors (Lipinski definition) is 3. The summed E-state index contributed by atoms with van der Waals surface area (Å²) in [4.78, 5) is 11.9. The molecule has 1 aliphatic rings. The van der Waals surface area contributed by atoms with Gasteiger partial charge in [-0.1, -0.05) is 6.07 Å². The SMILES string of the molecule is Cc1c(N)cccc1C(=O)NCC(O)C1CC1. The van der Waals surface area contributed by atoms with Crippen LogP contribution in [0.1, 0.15) is 28.8 Å². The van der Waals surface area contributed by atoms with E-state index in [-0.39, 0.29) is 5.91 Å². The molecule has 1 aromatic carbocycles.